The van der Waals surface area contributed by atoms with Crippen LogP contribution < -0.4 is 0 Å². The van der Waals surface area contributed by atoms with Crippen LogP contribution in [0.15, 0.2) is 49.0 Å². The van der Waals surface area contributed by atoms with Crippen LogP contribution >= 0.6 is 51.1 Å². The number of halogens is 2. The van der Waals surface area contributed by atoms with Crippen LogP contribution in [-0.4, -0.2) is 107 Å². The highest BCUT2D eigenvalue weighted by molar-refractivity contribution is 9.10. The first kappa shape index (κ1) is 50.0. The Hall–Kier alpha value is -5.36. The van der Waals surface area contributed by atoms with Gasteiger partial charge in [-0.15, -0.1) is 16.7 Å². The van der Waals surface area contributed by atoms with Gasteiger partial charge >= 0.3 is 29.8 Å². The molecule has 2 aliphatic heterocycles. The molecule has 10 atom stereocenters. The van der Waals surface area contributed by atoms with Crippen LogP contribution in [0.25, 0.3) is 25.7 Å². The van der Waals surface area contributed by atoms with Crippen molar-refractivity contribution in [3.05, 3.63) is 72.0 Å². The molecule has 2 saturated heterocycles. The van der Waals surface area contributed by atoms with E-state index in [0.717, 1.165) is 30.4 Å². The Balaban J connectivity index is 0.000000327. The summed E-state index contributed by atoms with van der Waals surface area (Å²) in [6.07, 6.45) is -2.15. The quantitative estimate of drug-likeness (QED) is 0.0513. The standard InChI is InChI=1S/C18H18BrN5O7S.C17H18ClN5O5S/c1-8(25)28-7-14-16(29-9(2)26)15(23-24-21)17(30-10(3)27)18(31-14)32-11-4-12(19)13(5-20)22-6-11;1-8-12(7-26-9(2)24)28-17(15(27-10(3)25)14(8)22-23-19)29-13-5-11(18)6-21-16(13)20-4/h4,6,14-18H,7H2,1-3H3;5-6,8,12,14-15,17H,7H2,1-3H3/t14?,15?,16-,17-,18+;8-,12?,14?,15-,17+/m00/s1. The highest BCUT2D eigenvalue weighted by Crippen LogP contribution is 2.42. The summed E-state index contributed by atoms with van der Waals surface area (Å²) >= 11 is 11.4. The van der Waals surface area contributed by atoms with Gasteiger partial charge < -0.3 is 38.0 Å². The molecule has 0 spiro atoms. The second kappa shape index (κ2) is 24.2. The molecule has 2 aliphatic rings. The molecule has 0 saturated carbocycles. The highest BCUT2D eigenvalue weighted by atomic mass is 79.9. The van der Waals surface area contributed by atoms with Crippen LogP contribution in [0.1, 0.15) is 47.2 Å². The van der Waals surface area contributed by atoms with Crippen LogP contribution in [0.4, 0.5) is 5.82 Å². The molecule has 61 heavy (non-hydrogen) atoms. The van der Waals surface area contributed by atoms with Crippen molar-refractivity contribution >= 4 is 86.7 Å². The number of esters is 5. The van der Waals surface area contributed by atoms with E-state index >= 15 is 0 Å². The first-order chi connectivity index (χ1) is 28.9. The van der Waals surface area contributed by atoms with Crippen molar-refractivity contribution in [1.29, 1.82) is 5.26 Å². The average Bonchev–Trinajstić information content (AvgIpc) is 3.18. The first-order valence-corrected chi connectivity index (χ1v) is 20.4. The molecule has 22 nitrogen and oxygen atoms in total. The predicted octanol–water partition coefficient (Wildman–Crippen LogP) is 6.55. The number of hydrogen-bond acceptors (Lipinski definition) is 19. The molecule has 324 valence electrons. The molecular formula is C35H36BrClN10O12S2. The van der Waals surface area contributed by atoms with Crippen molar-refractivity contribution in [2.24, 2.45) is 16.1 Å². The van der Waals surface area contributed by atoms with E-state index in [2.05, 4.69) is 50.8 Å². The van der Waals surface area contributed by atoms with E-state index in [9.17, 15) is 24.0 Å². The summed E-state index contributed by atoms with van der Waals surface area (Å²) in [5, 5.41) is 16.8. The van der Waals surface area contributed by atoms with Crippen molar-refractivity contribution in [3.63, 3.8) is 0 Å². The van der Waals surface area contributed by atoms with Gasteiger partial charge in [-0.25, -0.2) is 4.98 Å². The lowest BCUT2D eigenvalue weighted by molar-refractivity contribution is -0.201. The van der Waals surface area contributed by atoms with Crippen LogP contribution in [0.5, 0.6) is 0 Å². The maximum atomic E-state index is 11.8. The number of nitriles is 1. The minimum Gasteiger partial charge on any atom is -0.463 e. The summed E-state index contributed by atoms with van der Waals surface area (Å²) in [7, 11) is 0. The summed E-state index contributed by atoms with van der Waals surface area (Å²) in [4.78, 5) is 75.6. The van der Waals surface area contributed by atoms with Gasteiger partial charge in [-0.05, 0) is 45.0 Å². The molecule has 2 fully saturated rings. The third-order valence-electron chi connectivity index (χ3n) is 8.16. The lowest BCUT2D eigenvalue weighted by Gasteiger charge is -2.43. The Morgan fingerprint density at radius 3 is 1.89 bits per heavy atom. The fourth-order valence-electron chi connectivity index (χ4n) is 5.67. The van der Waals surface area contributed by atoms with Gasteiger partial charge in [0, 0.05) is 60.4 Å². The minimum atomic E-state index is -1.19. The summed E-state index contributed by atoms with van der Waals surface area (Å²) in [6, 6.07) is 3.13. The van der Waals surface area contributed by atoms with E-state index < -0.39 is 89.2 Å². The molecule has 0 bridgehead atoms. The number of pyridine rings is 2. The van der Waals surface area contributed by atoms with Gasteiger partial charge in [0.15, 0.2) is 5.69 Å². The highest BCUT2D eigenvalue weighted by Gasteiger charge is 2.50. The zero-order valence-corrected chi connectivity index (χ0v) is 36.9. The topological polar surface area (TPSA) is 301 Å². The normalized spacial score (nSPS) is 25.1. The molecule has 2 aromatic heterocycles. The molecular weight excluding hydrogens is 932 g/mol. The molecule has 0 radical (unpaired) electrons. The number of carbonyl (C=O) groups excluding carboxylic acids is 5. The molecule has 0 N–H and O–H groups in total. The number of carbonyl (C=O) groups is 5. The summed E-state index contributed by atoms with van der Waals surface area (Å²) in [5.74, 6) is -3.35. The number of aromatic nitrogens is 2. The molecule has 4 unspecified atom stereocenters. The number of azide groups is 2. The summed E-state index contributed by atoms with van der Waals surface area (Å²) < 4.78 is 38.6. The summed E-state index contributed by atoms with van der Waals surface area (Å²) in [6.45, 7) is 14.7. The van der Waals surface area contributed by atoms with Gasteiger partial charge in [-0.3, -0.25) is 24.0 Å². The average molecular weight is 968 g/mol. The minimum absolute atomic E-state index is 0.0682. The van der Waals surface area contributed by atoms with Crippen LogP contribution in [0.3, 0.4) is 0 Å². The largest absolute Gasteiger partial charge is 0.463 e. The molecule has 2 aromatic rings. The van der Waals surface area contributed by atoms with Gasteiger partial charge in [-0.2, -0.15) is 5.26 Å². The zero-order valence-electron chi connectivity index (χ0n) is 32.9. The van der Waals surface area contributed by atoms with Crippen molar-refractivity contribution in [1.82, 2.24) is 9.97 Å². The van der Waals surface area contributed by atoms with Gasteiger partial charge in [0.05, 0.1) is 21.6 Å². The van der Waals surface area contributed by atoms with Gasteiger partial charge in [0.1, 0.15) is 66.8 Å². The third kappa shape index (κ3) is 14.9. The monoisotopic (exact) mass is 966 g/mol. The van der Waals surface area contributed by atoms with E-state index in [1.807, 2.05) is 6.07 Å². The molecule has 26 heteroatoms. The van der Waals surface area contributed by atoms with Crippen LogP contribution in [0.2, 0.25) is 5.02 Å². The smallest absolute Gasteiger partial charge is 0.303 e. The molecule has 0 amide bonds. The Kier molecular flexibility index (Phi) is 19.8. The second-order valence-electron chi connectivity index (χ2n) is 12.6. The maximum Gasteiger partial charge on any atom is 0.303 e. The van der Waals surface area contributed by atoms with Crippen molar-refractivity contribution in [3.8, 4) is 6.07 Å². The zero-order chi connectivity index (χ0) is 45.4. The first-order valence-electron chi connectivity index (χ1n) is 17.5. The number of thioether (sulfide) groups is 2. The number of hydrogen-bond donors (Lipinski definition) is 0. The van der Waals surface area contributed by atoms with Gasteiger partial charge in [0.2, 0.25) is 0 Å². The lowest BCUT2D eigenvalue weighted by Crippen LogP contribution is -2.59. The molecule has 4 rings (SSSR count). The van der Waals surface area contributed by atoms with Gasteiger partial charge in [-0.1, -0.05) is 47.1 Å². The number of rotatable bonds is 13. The van der Waals surface area contributed by atoms with E-state index in [1.54, 1.807) is 19.1 Å². The Morgan fingerprint density at radius 1 is 0.836 bits per heavy atom. The maximum absolute atomic E-state index is 11.8. The SMILES string of the molecule is CC(=O)OCC1O[C@H](Sc2cnc(C#N)c(Br)c2)[C@@H](OC(C)=O)C(N=[N+]=[N-])[C@H]1OC(C)=O.[C-]#[N+]c1ncc(Cl)cc1S[C@H]1OC(COC(C)=O)[C@H](C)C(N=[N+]=[N-])[C@@H]1OC(C)=O. The number of nitrogens with zero attached hydrogens (tertiary/aromatic N) is 10. The lowest BCUT2D eigenvalue weighted by atomic mass is 9.89. The number of ether oxygens (including phenoxy) is 7. The van der Waals surface area contributed by atoms with E-state index in [-0.39, 0.29) is 24.7 Å². The second-order valence-corrected chi connectivity index (χ2v) is 16.2. The summed E-state index contributed by atoms with van der Waals surface area (Å²) in [5.41, 5.74) is 16.5. The van der Waals surface area contributed by atoms with E-state index in [1.165, 1.54) is 40.1 Å². The van der Waals surface area contributed by atoms with Crippen molar-refractivity contribution < 1.29 is 57.1 Å². The van der Waals surface area contributed by atoms with E-state index in [0.29, 0.717) is 19.3 Å². The molecule has 0 aromatic carbocycles. The van der Waals surface area contributed by atoms with Crippen molar-refractivity contribution in [2.45, 2.75) is 105 Å². The van der Waals surface area contributed by atoms with Gasteiger partial charge in [0.25, 0.3) is 5.82 Å². The molecule has 4 heterocycles. The Morgan fingerprint density at radius 2 is 1.36 bits per heavy atom. The predicted molar refractivity (Wildman–Crippen MR) is 216 cm³/mol. The molecule has 0 aliphatic carbocycles. The van der Waals surface area contributed by atoms with Crippen LogP contribution in [-0.2, 0) is 57.1 Å². The van der Waals surface area contributed by atoms with E-state index in [4.69, 9.17) is 67.7 Å². The fourth-order valence-corrected chi connectivity index (χ4v) is 8.79. The van der Waals surface area contributed by atoms with Crippen LogP contribution in [0, 0.1) is 23.8 Å². The third-order valence-corrected chi connectivity index (χ3v) is 11.2. The van der Waals surface area contributed by atoms with Crippen molar-refractivity contribution in [2.75, 3.05) is 13.2 Å². The Bertz CT molecular complexity index is 2150. The Labute approximate surface area is 369 Å². The fraction of sp³-hybridized carbons (Fsp3) is 0.514.